The molecule has 1 aromatic rings. The summed E-state index contributed by atoms with van der Waals surface area (Å²) in [6, 6.07) is 3.44. The molecule has 16 heavy (non-hydrogen) atoms. The quantitative estimate of drug-likeness (QED) is 0.763. The molecule has 3 nitrogen and oxygen atoms in total. The highest BCUT2D eigenvalue weighted by Gasteiger charge is 2.10. The summed E-state index contributed by atoms with van der Waals surface area (Å²) < 4.78 is 0.618. The first-order valence-electron chi connectivity index (χ1n) is 4.99. The fourth-order valence-corrected chi connectivity index (χ4v) is 2.22. The normalized spacial score (nSPS) is 10.2. The van der Waals surface area contributed by atoms with Gasteiger partial charge in [-0.25, -0.2) is 0 Å². The van der Waals surface area contributed by atoms with Gasteiger partial charge in [0.2, 0.25) is 5.91 Å². The first-order chi connectivity index (χ1) is 7.50. The number of hydrogen-bond donors (Lipinski definition) is 0. The average molecular weight is 260 g/mol. The van der Waals surface area contributed by atoms with Gasteiger partial charge in [0.15, 0.2) is 5.78 Å². The van der Waals surface area contributed by atoms with Crippen molar-refractivity contribution in [1.82, 2.24) is 4.90 Å². The number of ketones is 1. The average Bonchev–Trinajstić information content (AvgIpc) is 2.64. The lowest BCUT2D eigenvalue weighted by Crippen LogP contribution is -2.21. The molecule has 1 aromatic heterocycles. The van der Waals surface area contributed by atoms with E-state index in [1.165, 1.54) is 16.2 Å². The Labute approximate surface area is 104 Å². The minimum absolute atomic E-state index is 0.0528. The van der Waals surface area contributed by atoms with Crippen LogP contribution in [0, 0.1) is 0 Å². The highest BCUT2D eigenvalue weighted by molar-refractivity contribution is 7.18. The summed E-state index contributed by atoms with van der Waals surface area (Å²) in [5.74, 6) is 0.112. The summed E-state index contributed by atoms with van der Waals surface area (Å²) >= 11 is 7.02. The third kappa shape index (κ3) is 3.94. The fourth-order valence-electron chi connectivity index (χ4n) is 1.21. The monoisotopic (exact) mass is 259 g/mol. The number of hydrogen-bond acceptors (Lipinski definition) is 3. The summed E-state index contributed by atoms with van der Waals surface area (Å²) in [7, 11) is 3.42. The molecular formula is C11H14ClNO2S. The van der Waals surface area contributed by atoms with Crippen LogP contribution in [0.3, 0.4) is 0 Å². The third-order valence-corrected chi connectivity index (χ3v) is 3.41. The number of thiophene rings is 1. The first-order valence-corrected chi connectivity index (χ1v) is 6.19. The Morgan fingerprint density at radius 1 is 1.31 bits per heavy atom. The van der Waals surface area contributed by atoms with Crippen LogP contribution in [0.1, 0.15) is 28.9 Å². The molecule has 0 saturated heterocycles. The number of rotatable bonds is 5. The van der Waals surface area contributed by atoms with E-state index in [1.807, 2.05) is 0 Å². The number of amides is 1. The summed E-state index contributed by atoms with van der Waals surface area (Å²) in [5, 5.41) is 0. The maximum Gasteiger partial charge on any atom is 0.222 e. The van der Waals surface area contributed by atoms with Gasteiger partial charge in [-0.1, -0.05) is 11.6 Å². The Morgan fingerprint density at radius 2 is 2.00 bits per heavy atom. The van der Waals surface area contributed by atoms with E-state index in [9.17, 15) is 9.59 Å². The number of halogens is 1. The molecule has 0 aromatic carbocycles. The van der Waals surface area contributed by atoms with Gasteiger partial charge in [-0.15, -0.1) is 11.3 Å². The van der Waals surface area contributed by atoms with Gasteiger partial charge in [-0.3, -0.25) is 9.59 Å². The van der Waals surface area contributed by atoms with Crippen LogP contribution in [0.2, 0.25) is 4.34 Å². The van der Waals surface area contributed by atoms with E-state index < -0.39 is 0 Å². The predicted molar refractivity (Wildman–Crippen MR) is 66.2 cm³/mol. The topological polar surface area (TPSA) is 37.4 Å². The molecule has 0 atom stereocenters. The minimum Gasteiger partial charge on any atom is -0.349 e. The molecule has 1 heterocycles. The van der Waals surface area contributed by atoms with Crippen LogP contribution in [0.4, 0.5) is 0 Å². The van der Waals surface area contributed by atoms with Crippen molar-refractivity contribution >= 4 is 34.6 Å². The van der Waals surface area contributed by atoms with Crippen LogP contribution in [-0.4, -0.2) is 30.7 Å². The SMILES string of the molecule is CN(C)C(=O)CCCC(=O)c1ccc(Cl)s1. The van der Waals surface area contributed by atoms with Crippen molar-refractivity contribution < 1.29 is 9.59 Å². The molecule has 5 heteroatoms. The zero-order valence-corrected chi connectivity index (χ0v) is 10.9. The number of carbonyl (C=O) groups excluding carboxylic acids is 2. The van der Waals surface area contributed by atoms with Gasteiger partial charge >= 0.3 is 0 Å². The molecule has 0 bridgehead atoms. The maximum absolute atomic E-state index is 11.6. The van der Waals surface area contributed by atoms with Gasteiger partial charge in [-0.2, -0.15) is 0 Å². The van der Waals surface area contributed by atoms with Crippen LogP contribution < -0.4 is 0 Å². The summed E-state index contributed by atoms with van der Waals surface area (Å²) in [5.41, 5.74) is 0. The Hall–Kier alpha value is -0.870. The Morgan fingerprint density at radius 3 is 2.50 bits per heavy atom. The van der Waals surface area contributed by atoms with Crippen LogP contribution in [-0.2, 0) is 4.79 Å². The van der Waals surface area contributed by atoms with E-state index in [0.717, 1.165) is 0 Å². The molecule has 0 aliphatic heterocycles. The zero-order valence-electron chi connectivity index (χ0n) is 9.33. The Bertz CT molecular complexity index is 387. The van der Waals surface area contributed by atoms with Crippen molar-refractivity contribution in [2.75, 3.05) is 14.1 Å². The number of carbonyl (C=O) groups is 2. The molecule has 0 unspecified atom stereocenters. The summed E-state index contributed by atoms with van der Waals surface area (Å²) in [6.45, 7) is 0. The maximum atomic E-state index is 11.6. The second-order valence-electron chi connectivity index (χ2n) is 3.67. The van der Waals surface area contributed by atoms with E-state index in [1.54, 1.807) is 26.2 Å². The Kier molecular flexibility index (Phi) is 4.96. The smallest absolute Gasteiger partial charge is 0.222 e. The predicted octanol–water partition coefficient (Wildman–Crippen LogP) is 2.84. The lowest BCUT2D eigenvalue weighted by atomic mass is 10.1. The van der Waals surface area contributed by atoms with Crippen molar-refractivity contribution in [3.05, 3.63) is 21.3 Å². The lowest BCUT2D eigenvalue weighted by molar-refractivity contribution is -0.128. The van der Waals surface area contributed by atoms with Gasteiger partial charge in [0.25, 0.3) is 0 Å². The zero-order chi connectivity index (χ0) is 12.1. The number of Topliss-reactive ketones (excluding diaryl/α,β-unsaturated/α-hetero) is 1. The van der Waals surface area contributed by atoms with E-state index >= 15 is 0 Å². The molecule has 88 valence electrons. The van der Waals surface area contributed by atoms with E-state index in [-0.39, 0.29) is 11.7 Å². The minimum atomic E-state index is 0.0528. The summed E-state index contributed by atoms with van der Waals surface area (Å²) in [6.07, 6.45) is 1.40. The molecular weight excluding hydrogens is 246 g/mol. The number of nitrogens with zero attached hydrogens (tertiary/aromatic N) is 1. The molecule has 0 radical (unpaired) electrons. The van der Waals surface area contributed by atoms with Gasteiger partial charge < -0.3 is 4.90 Å². The highest BCUT2D eigenvalue weighted by atomic mass is 35.5. The van der Waals surface area contributed by atoms with Crippen molar-refractivity contribution in [2.45, 2.75) is 19.3 Å². The van der Waals surface area contributed by atoms with E-state index in [2.05, 4.69) is 0 Å². The van der Waals surface area contributed by atoms with Gasteiger partial charge in [0.05, 0.1) is 9.21 Å². The van der Waals surface area contributed by atoms with Crippen LogP contribution >= 0.6 is 22.9 Å². The summed E-state index contributed by atoms with van der Waals surface area (Å²) in [4.78, 5) is 25.1. The lowest BCUT2D eigenvalue weighted by Gasteiger charge is -2.08. The standard InChI is InChI=1S/C11H14ClNO2S/c1-13(2)11(15)5-3-4-8(14)9-6-7-10(12)16-9/h6-7H,3-5H2,1-2H3. The fraction of sp³-hybridized carbons (Fsp3) is 0.455. The molecule has 0 N–H and O–H groups in total. The van der Waals surface area contributed by atoms with Gasteiger partial charge in [-0.05, 0) is 18.6 Å². The van der Waals surface area contributed by atoms with Gasteiger partial charge in [0, 0.05) is 26.9 Å². The highest BCUT2D eigenvalue weighted by Crippen LogP contribution is 2.23. The third-order valence-electron chi connectivity index (χ3n) is 2.14. The molecule has 0 spiro atoms. The first kappa shape index (κ1) is 13.2. The van der Waals surface area contributed by atoms with Crippen LogP contribution in [0.25, 0.3) is 0 Å². The van der Waals surface area contributed by atoms with Crippen molar-refractivity contribution in [1.29, 1.82) is 0 Å². The molecule has 0 aliphatic carbocycles. The van der Waals surface area contributed by atoms with Crippen molar-refractivity contribution in [2.24, 2.45) is 0 Å². The van der Waals surface area contributed by atoms with Crippen molar-refractivity contribution in [3.63, 3.8) is 0 Å². The molecule has 0 saturated carbocycles. The molecule has 0 fully saturated rings. The van der Waals surface area contributed by atoms with E-state index in [4.69, 9.17) is 11.6 Å². The van der Waals surface area contributed by atoms with Crippen molar-refractivity contribution in [3.8, 4) is 0 Å². The largest absolute Gasteiger partial charge is 0.349 e. The Balaban J connectivity index is 2.34. The van der Waals surface area contributed by atoms with Crippen LogP contribution in [0.15, 0.2) is 12.1 Å². The second-order valence-corrected chi connectivity index (χ2v) is 5.38. The van der Waals surface area contributed by atoms with Crippen LogP contribution in [0.5, 0.6) is 0 Å². The molecule has 1 rings (SSSR count). The second kappa shape index (κ2) is 6.01. The van der Waals surface area contributed by atoms with Gasteiger partial charge in [0.1, 0.15) is 0 Å². The molecule has 1 amide bonds. The van der Waals surface area contributed by atoms with E-state index in [0.29, 0.717) is 28.5 Å². The molecule has 0 aliphatic rings.